The SMILES string of the molecule is Nc1nc(OCCc2ccccn2)cc(C(F)(F)F)n1. The van der Waals surface area contributed by atoms with E-state index in [0.29, 0.717) is 6.42 Å². The molecule has 0 spiro atoms. The molecule has 0 unspecified atom stereocenters. The fourth-order valence-corrected chi connectivity index (χ4v) is 1.47. The van der Waals surface area contributed by atoms with Gasteiger partial charge < -0.3 is 10.5 Å². The van der Waals surface area contributed by atoms with Crippen LogP contribution in [-0.2, 0) is 12.6 Å². The standard InChI is InChI=1S/C12H11F3N4O/c13-12(14,15)9-7-10(19-11(16)18-9)20-6-4-8-3-1-2-5-17-8/h1-3,5,7H,4,6H2,(H2,16,18,19). The summed E-state index contributed by atoms with van der Waals surface area (Å²) in [7, 11) is 0. The summed E-state index contributed by atoms with van der Waals surface area (Å²) in [5, 5.41) is 0. The molecule has 5 nitrogen and oxygen atoms in total. The van der Waals surface area contributed by atoms with Gasteiger partial charge in [0.15, 0.2) is 5.69 Å². The van der Waals surface area contributed by atoms with Crippen molar-refractivity contribution in [2.24, 2.45) is 0 Å². The molecule has 0 aliphatic heterocycles. The number of nitrogens with zero attached hydrogens (tertiary/aromatic N) is 3. The number of hydrogen-bond donors (Lipinski definition) is 1. The molecule has 0 atom stereocenters. The maximum Gasteiger partial charge on any atom is 0.433 e. The van der Waals surface area contributed by atoms with Gasteiger partial charge in [-0.1, -0.05) is 6.07 Å². The van der Waals surface area contributed by atoms with Crippen molar-refractivity contribution in [2.45, 2.75) is 12.6 Å². The summed E-state index contributed by atoms with van der Waals surface area (Å²) in [4.78, 5) is 10.8. The summed E-state index contributed by atoms with van der Waals surface area (Å²) in [5.41, 5.74) is 4.87. The van der Waals surface area contributed by atoms with Gasteiger partial charge in [0.1, 0.15) is 0 Å². The predicted molar refractivity (Wildman–Crippen MR) is 64.9 cm³/mol. The van der Waals surface area contributed by atoms with Crippen LogP contribution in [-0.4, -0.2) is 21.6 Å². The van der Waals surface area contributed by atoms with Gasteiger partial charge in [-0.05, 0) is 12.1 Å². The molecule has 2 heterocycles. The van der Waals surface area contributed by atoms with Crippen molar-refractivity contribution in [1.82, 2.24) is 15.0 Å². The number of alkyl halides is 3. The Labute approximate surface area is 112 Å². The largest absolute Gasteiger partial charge is 0.477 e. The molecule has 0 fully saturated rings. The van der Waals surface area contributed by atoms with Gasteiger partial charge in [0, 0.05) is 24.4 Å². The fourth-order valence-electron chi connectivity index (χ4n) is 1.47. The molecule has 8 heteroatoms. The second kappa shape index (κ2) is 5.72. The van der Waals surface area contributed by atoms with Crippen molar-refractivity contribution in [3.05, 3.63) is 41.9 Å². The Bertz CT molecular complexity index is 575. The van der Waals surface area contributed by atoms with Crippen molar-refractivity contribution >= 4 is 5.95 Å². The van der Waals surface area contributed by atoms with E-state index in [1.165, 1.54) is 0 Å². The number of ether oxygens (including phenoxy) is 1. The summed E-state index contributed by atoms with van der Waals surface area (Å²) in [6, 6.07) is 6.09. The summed E-state index contributed by atoms with van der Waals surface area (Å²) < 4.78 is 42.7. The molecule has 20 heavy (non-hydrogen) atoms. The van der Waals surface area contributed by atoms with Crippen LogP contribution >= 0.6 is 0 Å². The minimum Gasteiger partial charge on any atom is -0.477 e. The third-order valence-electron chi connectivity index (χ3n) is 2.34. The number of rotatable bonds is 4. The maximum absolute atomic E-state index is 12.5. The van der Waals surface area contributed by atoms with Crippen LogP contribution in [0.2, 0.25) is 0 Å². The van der Waals surface area contributed by atoms with E-state index in [9.17, 15) is 13.2 Å². The second-order valence-electron chi connectivity index (χ2n) is 3.87. The molecule has 2 aromatic heterocycles. The lowest BCUT2D eigenvalue weighted by Crippen LogP contribution is -2.12. The zero-order valence-electron chi connectivity index (χ0n) is 10.3. The first kappa shape index (κ1) is 14.0. The predicted octanol–water partition coefficient (Wildman–Crippen LogP) is 2.09. The maximum atomic E-state index is 12.5. The number of hydrogen-bond acceptors (Lipinski definition) is 5. The van der Waals surface area contributed by atoms with Crippen molar-refractivity contribution in [3.8, 4) is 5.88 Å². The van der Waals surface area contributed by atoms with Crippen LogP contribution in [0.1, 0.15) is 11.4 Å². The van der Waals surface area contributed by atoms with E-state index in [-0.39, 0.29) is 12.5 Å². The Balaban J connectivity index is 2.01. The van der Waals surface area contributed by atoms with Gasteiger partial charge in [-0.25, -0.2) is 4.98 Å². The molecular weight excluding hydrogens is 273 g/mol. The van der Waals surface area contributed by atoms with E-state index in [2.05, 4.69) is 15.0 Å². The Kier molecular flexibility index (Phi) is 4.02. The molecule has 2 aromatic rings. The molecular formula is C12H11F3N4O. The van der Waals surface area contributed by atoms with E-state index >= 15 is 0 Å². The first-order valence-corrected chi connectivity index (χ1v) is 5.69. The van der Waals surface area contributed by atoms with Gasteiger partial charge in [-0.15, -0.1) is 0 Å². The normalized spacial score (nSPS) is 11.3. The number of pyridine rings is 1. The van der Waals surface area contributed by atoms with Gasteiger partial charge in [0.05, 0.1) is 6.61 Å². The number of halogens is 3. The molecule has 0 aliphatic rings. The number of anilines is 1. The zero-order chi connectivity index (χ0) is 14.6. The van der Waals surface area contributed by atoms with Crippen LogP contribution in [0.3, 0.4) is 0 Å². The molecule has 0 bridgehead atoms. The highest BCUT2D eigenvalue weighted by atomic mass is 19.4. The van der Waals surface area contributed by atoms with Gasteiger partial charge in [0.2, 0.25) is 11.8 Å². The Hall–Kier alpha value is -2.38. The third kappa shape index (κ3) is 3.81. The lowest BCUT2D eigenvalue weighted by molar-refractivity contribution is -0.141. The Morgan fingerprint density at radius 2 is 2.00 bits per heavy atom. The molecule has 0 radical (unpaired) electrons. The average molecular weight is 284 g/mol. The lowest BCUT2D eigenvalue weighted by Gasteiger charge is -2.09. The van der Waals surface area contributed by atoms with Gasteiger partial charge in [0.25, 0.3) is 0 Å². The summed E-state index contributed by atoms with van der Waals surface area (Å²) in [6.45, 7) is 0.144. The van der Waals surface area contributed by atoms with Crippen LogP contribution in [0.4, 0.5) is 19.1 Å². The summed E-state index contributed by atoms with van der Waals surface area (Å²) in [5.74, 6) is -0.687. The third-order valence-corrected chi connectivity index (χ3v) is 2.34. The molecule has 0 aliphatic carbocycles. The number of aromatic nitrogens is 3. The second-order valence-corrected chi connectivity index (χ2v) is 3.87. The molecule has 0 saturated heterocycles. The van der Waals surface area contributed by atoms with Crippen molar-refractivity contribution in [2.75, 3.05) is 12.3 Å². The number of nitrogen functional groups attached to an aromatic ring is 1. The van der Waals surface area contributed by atoms with E-state index in [1.54, 1.807) is 18.3 Å². The molecule has 2 N–H and O–H groups in total. The topological polar surface area (TPSA) is 73.9 Å². The minimum atomic E-state index is -4.59. The van der Waals surface area contributed by atoms with E-state index in [1.807, 2.05) is 6.07 Å². The van der Waals surface area contributed by atoms with E-state index in [0.717, 1.165) is 11.8 Å². The highest BCUT2D eigenvalue weighted by Gasteiger charge is 2.33. The Morgan fingerprint density at radius 3 is 2.65 bits per heavy atom. The lowest BCUT2D eigenvalue weighted by atomic mass is 10.3. The van der Waals surface area contributed by atoms with Crippen molar-refractivity contribution < 1.29 is 17.9 Å². The quantitative estimate of drug-likeness (QED) is 0.930. The Morgan fingerprint density at radius 1 is 1.20 bits per heavy atom. The van der Waals surface area contributed by atoms with Crippen LogP contribution in [0.25, 0.3) is 0 Å². The summed E-state index contributed by atoms with van der Waals surface area (Å²) >= 11 is 0. The molecule has 106 valence electrons. The van der Waals surface area contributed by atoms with E-state index < -0.39 is 17.8 Å². The highest BCUT2D eigenvalue weighted by molar-refractivity contribution is 5.27. The number of nitrogens with two attached hydrogens (primary N) is 1. The molecule has 0 amide bonds. The van der Waals surface area contributed by atoms with Gasteiger partial charge in [-0.3, -0.25) is 4.98 Å². The van der Waals surface area contributed by atoms with Crippen molar-refractivity contribution in [1.29, 1.82) is 0 Å². The van der Waals surface area contributed by atoms with Gasteiger partial charge in [-0.2, -0.15) is 18.2 Å². The highest BCUT2D eigenvalue weighted by Crippen LogP contribution is 2.29. The molecule has 2 rings (SSSR count). The molecule has 0 aromatic carbocycles. The fraction of sp³-hybridized carbons (Fsp3) is 0.250. The van der Waals surface area contributed by atoms with E-state index in [4.69, 9.17) is 10.5 Å². The van der Waals surface area contributed by atoms with Crippen LogP contribution in [0, 0.1) is 0 Å². The van der Waals surface area contributed by atoms with Crippen molar-refractivity contribution in [3.63, 3.8) is 0 Å². The first-order valence-electron chi connectivity index (χ1n) is 5.69. The molecule has 0 saturated carbocycles. The van der Waals surface area contributed by atoms with Gasteiger partial charge >= 0.3 is 6.18 Å². The van der Waals surface area contributed by atoms with Crippen LogP contribution < -0.4 is 10.5 Å². The van der Waals surface area contributed by atoms with Crippen LogP contribution in [0.5, 0.6) is 5.88 Å². The summed E-state index contributed by atoms with van der Waals surface area (Å²) in [6.07, 6.45) is -2.51. The monoisotopic (exact) mass is 284 g/mol. The zero-order valence-corrected chi connectivity index (χ0v) is 10.3. The van der Waals surface area contributed by atoms with Crippen LogP contribution in [0.15, 0.2) is 30.5 Å². The minimum absolute atomic E-state index is 0.144. The first-order chi connectivity index (χ1) is 9.45. The average Bonchev–Trinajstić information content (AvgIpc) is 2.38. The smallest absolute Gasteiger partial charge is 0.433 e.